The summed E-state index contributed by atoms with van der Waals surface area (Å²) in [5.41, 5.74) is 10.1. The molecule has 0 radical (unpaired) electrons. The molecule has 0 spiro atoms. The van der Waals surface area contributed by atoms with Gasteiger partial charge >= 0.3 is 0 Å². The van der Waals surface area contributed by atoms with Crippen molar-refractivity contribution in [1.29, 1.82) is 0 Å². The molecule has 0 fully saturated rings. The summed E-state index contributed by atoms with van der Waals surface area (Å²) in [6, 6.07) is 16.2. The van der Waals surface area contributed by atoms with E-state index < -0.39 is 0 Å². The molecule has 0 amide bonds. The van der Waals surface area contributed by atoms with Gasteiger partial charge in [-0.05, 0) is 31.5 Å². The molecule has 23 heavy (non-hydrogen) atoms. The Hall–Kier alpha value is -2.33. The Kier molecular flexibility index (Phi) is 4.63. The number of hydrogen-bond donors (Lipinski definition) is 1. The van der Waals surface area contributed by atoms with Crippen LogP contribution < -0.4 is 10.5 Å². The Morgan fingerprint density at radius 1 is 1.13 bits per heavy atom. The van der Waals surface area contributed by atoms with E-state index in [0.717, 1.165) is 34.0 Å². The van der Waals surface area contributed by atoms with Crippen molar-refractivity contribution in [3.8, 4) is 17.0 Å². The molecule has 0 atom stereocenters. The third kappa shape index (κ3) is 3.90. The third-order valence-electron chi connectivity index (χ3n) is 3.41. The first-order valence-electron chi connectivity index (χ1n) is 7.66. The Labute approximate surface area is 140 Å². The highest BCUT2D eigenvalue weighted by atomic mass is 32.1. The van der Waals surface area contributed by atoms with E-state index in [-0.39, 0.29) is 6.10 Å². The molecule has 1 aromatic heterocycles. The summed E-state index contributed by atoms with van der Waals surface area (Å²) in [5, 5.41) is 3.19. The number of nitrogens with zero attached hydrogens (tertiary/aromatic N) is 1. The summed E-state index contributed by atoms with van der Waals surface area (Å²) in [6.07, 6.45) is 0.902. The summed E-state index contributed by atoms with van der Waals surface area (Å²) in [5.74, 6) is 0.743. The van der Waals surface area contributed by atoms with Crippen molar-refractivity contribution in [3.63, 3.8) is 0 Å². The maximum Gasteiger partial charge on any atom is 0.142 e. The third-order valence-corrected chi connectivity index (χ3v) is 4.26. The molecule has 0 aliphatic carbocycles. The zero-order valence-electron chi connectivity index (χ0n) is 13.3. The zero-order valence-corrected chi connectivity index (χ0v) is 14.1. The molecular formula is C19H20N2OS. The highest BCUT2D eigenvalue weighted by Gasteiger charge is 2.08. The fraction of sp³-hybridized carbons (Fsp3) is 0.211. The fourth-order valence-electron chi connectivity index (χ4n) is 2.38. The van der Waals surface area contributed by atoms with Crippen molar-refractivity contribution in [2.45, 2.75) is 26.4 Å². The Balaban J connectivity index is 1.75. The number of rotatable bonds is 5. The van der Waals surface area contributed by atoms with Gasteiger partial charge in [0.05, 0.1) is 22.5 Å². The molecule has 0 bridgehead atoms. The van der Waals surface area contributed by atoms with Crippen LogP contribution in [0.25, 0.3) is 11.3 Å². The van der Waals surface area contributed by atoms with E-state index >= 15 is 0 Å². The minimum absolute atomic E-state index is 0.121. The zero-order chi connectivity index (χ0) is 16.2. The number of benzene rings is 2. The number of nitrogen functional groups attached to an aromatic ring is 1. The first-order chi connectivity index (χ1) is 11.1. The molecule has 0 aliphatic heterocycles. The lowest BCUT2D eigenvalue weighted by Gasteiger charge is -2.12. The second-order valence-corrected chi connectivity index (χ2v) is 6.65. The molecule has 2 N–H and O–H groups in total. The van der Waals surface area contributed by atoms with Crippen molar-refractivity contribution in [1.82, 2.24) is 4.98 Å². The van der Waals surface area contributed by atoms with Crippen molar-refractivity contribution in [2.24, 2.45) is 0 Å². The van der Waals surface area contributed by atoms with E-state index in [1.54, 1.807) is 11.3 Å². The van der Waals surface area contributed by atoms with Crippen LogP contribution in [0.3, 0.4) is 0 Å². The quantitative estimate of drug-likeness (QED) is 0.688. The van der Waals surface area contributed by atoms with Crippen LogP contribution >= 0.6 is 11.3 Å². The molecule has 3 rings (SSSR count). The maximum absolute atomic E-state index is 6.08. The lowest BCUT2D eigenvalue weighted by atomic mass is 10.1. The second-order valence-electron chi connectivity index (χ2n) is 5.71. The van der Waals surface area contributed by atoms with Gasteiger partial charge in [0.1, 0.15) is 5.75 Å². The van der Waals surface area contributed by atoms with Crippen LogP contribution in [0, 0.1) is 0 Å². The Morgan fingerprint density at radius 2 is 1.91 bits per heavy atom. The predicted octanol–water partition coefficient (Wildman–Crippen LogP) is 4.77. The van der Waals surface area contributed by atoms with Crippen LogP contribution in [0.1, 0.15) is 24.4 Å². The molecule has 0 saturated heterocycles. The summed E-state index contributed by atoms with van der Waals surface area (Å²) in [6.45, 7) is 3.99. The van der Waals surface area contributed by atoms with Gasteiger partial charge in [0.2, 0.25) is 0 Å². The molecule has 0 saturated carbocycles. The van der Waals surface area contributed by atoms with Crippen LogP contribution in [-0.2, 0) is 6.42 Å². The van der Waals surface area contributed by atoms with Gasteiger partial charge < -0.3 is 10.5 Å². The standard InChI is InChI=1S/C19H20N2OS/c1-13(2)22-18-9-8-14(10-16(18)20)11-19-21-17(12-23-19)15-6-4-3-5-7-15/h3-10,12-13H,11,20H2,1-2H3. The van der Waals surface area contributed by atoms with Crippen molar-refractivity contribution >= 4 is 17.0 Å². The van der Waals surface area contributed by atoms with E-state index in [9.17, 15) is 0 Å². The Bertz CT molecular complexity index is 781. The molecule has 3 nitrogen and oxygen atoms in total. The SMILES string of the molecule is CC(C)Oc1ccc(Cc2nc(-c3ccccc3)cs2)cc1N. The summed E-state index contributed by atoms with van der Waals surface area (Å²) in [4.78, 5) is 4.72. The minimum atomic E-state index is 0.121. The van der Waals surface area contributed by atoms with E-state index in [0.29, 0.717) is 5.69 Å². The van der Waals surface area contributed by atoms with Gasteiger partial charge in [-0.1, -0.05) is 36.4 Å². The van der Waals surface area contributed by atoms with Crippen LogP contribution in [0.2, 0.25) is 0 Å². The van der Waals surface area contributed by atoms with Crippen LogP contribution in [0.4, 0.5) is 5.69 Å². The monoisotopic (exact) mass is 324 g/mol. The molecule has 2 aromatic carbocycles. The van der Waals surface area contributed by atoms with Crippen LogP contribution in [-0.4, -0.2) is 11.1 Å². The lowest BCUT2D eigenvalue weighted by Crippen LogP contribution is -2.07. The molecular weight excluding hydrogens is 304 g/mol. The average molecular weight is 324 g/mol. The normalized spacial score (nSPS) is 10.9. The largest absolute Gasteiger partial charge is 0.489 e. The molecule has 118 valence electrons. The molecule has 3 aromatic rings. The van der Waals surface area contributed by atoms with E-state index in [1.165, 1.54) is 0 Å². The van der Waals surface area contributed by atoms with Gasteiger partial charge in [-0.3, -0.25) is 0 Å². The summed E-state index contributed by atoms with van der Waals surface area (Å²) in [7, 11) is 0. The number of hydrogen-bond acceptors (Lipinski definition) is 4. The van der Waals surface area contributed by atoms with Crippen molar-refractivity contribution in [3.05, 3.63) is 64.5 Å². The van der Waals surface area contributed by atoms with E-state index in [4.69, 9.17) is 15.5 Å². The number of nitrogens with two attached hydrogens (primary N) is 1. The summed E-state index contributed by atoms with van der Waals surface area (Å²) >= 11 is 1.68. The van der Waals surface area contributed by atoms with Gasteiger partial charge in [-0.2, -0.15) is 0 Å². The molecule has 0 aliphatic rings. The number of thiazole rings is 1. The number of anilines is 1. The predicted molar refractivity (Wildman–Crippen MR) is 97.0 cm³/mol. The van der Waals surface area contributed by atoms with Crippen molar-refractivity contribution in [2.75, 3.05) is 5.73 Å². The lowest BCUT2D eigenvalue weighted by molar-refractivity contribution is 0.244. The highest BCUT2D eigenvalue weighted by molar-refractivity contribution is 7.10. The smallest absolute Gasteiger partial charge is 0.142 e. The second kappa shape index (κ2) is 6.84. The van der Waals surface area contributed by atoms with Crippen molar-refractivity contribution < 1.29 is 4.74 Å². The van der Waals surface area contributed by atoms with Gasteiger partial charge in [0.25, 0.3) is 0 Å². The van der Waals surface area contributed by atoms with Gasteiger partial charge in [0, 0.05) is 17.4 Å². The number of aromatic nitrogens is 1. The topological polar surface area (TPSA) is 48.1 Å². The molecule has 0 unspecified atom stereocenters. The first-order valence-corrected chi connectivity index (χ1v) is 8.54. The van der Waals surface area contributed by atoms with Crippen LogP contribution in [0.5, 0.6) is 5.75 Å². The fourth-order valence-corrected chi connectivity index (χ4v) is 3.21. The molecule has 1 heterocycles. The van der Waals surface area contributed by atoms with Gasteiger partial charge in [-0.15, -0.1) is 11.3 Å². The van der Waals surface area contributed by atoms with Gasteiger partial charge in [0.15, 0.2) is 0 Å². The van der Waals surface area contributed by atoms with Crippen LogP contribution in [0.15, 0.2) is 53.9 Å². The maximum atomic E-state index is 6.08. The average Bonchev–Trinajstić information content (AvgIpc) is 2.99. The van der Waals surface area contributed by atoms with Gasteiger partial charge in [-0.25, -0.2) is 4.98 Å². The van der Waals surface area contributed by atoms with E-state index in [2.05, 4.69) is 23.6 Å². The molecule has 4 heteroatoms. The van der Waals surface area contributed by atoms with E-state index in [1.807, 2.05) is 44.2 Å². The summed E-state index contributed by atoms with van der Waals surface area (Å²) < 4.78 is 5.67. The minimum Gasteiger partial charge on any atom is -0.489 e. The highest BCUT2D eigenvalue weighted by Crippen LogP contribution is 2.27. The Morgan fingerprint density at radius 3 is 2.61 bits per heavy atom. The first kappa shape index (κ1) is 15.6. The number of ether oxygens (including phenoxy) is 1.